The van der Waals surface area contributed by atoms with Crippen LogP contribution in [0.25, 0.3) is 0 Å². The highest BCUT2D eigenvalue weighted by Crippen LogP contribution is 2.46. The zero-order valence-electron chi connectivity index (χ0n) is 19.0. The van der Waals surface area contributed by atoms with Crippen LogP contribution in [-0.4, -0.2) is 56.2 Å². The molecule has 0 fully saturated rings. The second-order valence-corrected chi connectivity index (χ2v) is 11.2. The standard InChI is InChI=1S/C10H12F9I.C8H8F9I/c1-7(11,10(17,18)19)5-8(12,13)4-6(2-3-20)9(14,15)16;1-5(9,8(15,16)17)3-6(10,11)2-4(18)7(12,13)14/h6H,2-5H2,1H3;4H,2-3H2,1H3. The van der Waals surface area contributed by atoms with Crippen molar-refractivity contribution in [3.05, 3.63) is 0 Å². The van der Waals surface area contributed by atoms with E-state index in [4.69, 9.17) is 0 Å². The second kappa shape index (κ2) is 13.5. The molecule has 4 unspecified atom stereocenters. The van der Waals surface area contributed by atoms with E-state index in [9.17, 15) is 79.0 Å². The van der Waals surface area contributed by atoms with Crippen LogP contribution in [0.15, 0.2) is 0 Å². The summed E-state index contributed by atoms with van der Waals surface area (Å²) in [6, 6.07) is 0. The molecule has 0 radical (unpaired) electrons. The molecule has 38 heavy (non-hydrogen) atoms. The van der Waals surface area contributed by atoms with Crippen molar-refractivity contribution in [3.8, 4) is 0 Å². The average Bonchev–Trinajstić information content (AvgIpc) is 2.55. The van der Waals surface area contributed by atoms with E-state index in [1.807, 2.05) is 0 Å². The SMILES string of the molecule is CC(F)(CC(F)(F)CC(CCI)C(F)(F)F)C(F)(F)F.CC(F)(CC(F)(F)CC(I)C(F)(F)F)C(F)(F)F. The van der Waals surface area contributed by atoms with Crippen LogP contribution in [-0.2, 0) is 0 Å². The Bertz CT molecular complexity index is 702. The normalized spacial score (nSPS) is 19.1. The summed E-state index contributed by atoms with van der Waals surface area (Å²) in [4.78, 5) is 0. The molecule has 0 nitrogen and oxygen atoms in total. The van der Waals surface area contributed by atoms with Gasteiger partial charge in [0, 0.05) is 17.3 Å². The number of hydrogen-bond acceptors (Lipinski definition) is 0. The third-order valence-electron chi connectivity index (χ3n) is 4.66. The van der Waals surface area contributed by atoms with Crippen molar-refractivity contribution in [2.75, 3.05) is 4.43 Å². The number of hydrogen-bond donors (Lipinski definition) is 0. The van der Waals surface area contributed by atoms with E-state index in [-0.39, 0.29) is 18.3 Å². The Labute approximate surface area is 231 Å². The molecule has 20 heteroatoms. The van der Waals surface area contributed by atoms with Gasteiger partial charge in [-0.05, 0) is 20.3 Å². The lowest BCUT2D eigenvalue weighted by Gasteiger charge is -2.30. The second-order valence-electron chi connectivity index (χ2n) is 8.59. The van der Waals surface area contributed by atoms with Gasteiger partial charge < -0.3 is 0 Å². The molecule has 0 aromatic rings. The largest absolute Gasteiger partial charge is 0.422 e. The van der Waals surface area contributed by atoms with Crippen molar-refractivity contribution in [2.24, 2.45) is 5.92 Å². The smallest absolute Gasteiger partial charge is 0.234 e. The van der Waals surface area contributed by atoms with Crippen LogP contribution in [0.5, 0.6) is 0 Å². The summed E-state index contributed by atoms with van der Waals surface area (Å²) >= 11 is 2.17. The Morgan fingerprint density at radius 2 is 0.842 bits per heavy atom. The van der Waals surface area contributed by atoms with E-state index in [1.54, 1.807) is 0 Å². The van der Waals surface area contributed by atoms with Gasteiger partial charge in [-0.3, -0.25) is 0 Å². The summed E-state index contributed by atoms with van der Waals surface area (Å²) in [5.41, 5.74) is -8.48. The minimum atomic E-state index is -5.56. The molecule has 4 atom stereocenters. The van der Waals surface area contributed by atoms with Gasteiger partial charge in [0.25, 0.3) is 11.8 Å². The van der Waals surface area contributed by atoms with Gasteiger partial charge in [0.05, 0.1) is 18.8 Å². The molecule has 0 rings (SSSR count). The van der Waals surface area contributed by atoms with Gasteiger partial charge in [-0.1, -0.05) is 45.2 Å². The van der Waals surface area contributed by atoms with Gasteiger partial charge in [0.15, 0.2) is 0 Å². The Balaban J connectivity index is 0. The van der Waals surface area contributed by atoms with Gasteiger partial charge >= 0.3 is 24.7 Å². The lowest BCUT2D eigenvalue weighted by Crippen LogP contribution is -2.44. The third-order valence-corrected chi connectivity index (χ3v) is 6.43. The highest BCUT2D eigenvalue weighted by atomic mass is 127. The van der Waals surface area contributed by atoms with E-state index in [0.29, 0.717) is 22.6 Å². The lowest BCUT2D eigenvalue weighted by atomic mass is 9.90. The minimum Gasteiger partial charge on any atom is -0.234 e. The van der Waals surface area contributed by atoms with Gasteiger partial charge in [0.1, 0.15) is 3.92 Å². The molecule has 0 heterocycles. The summed E-state index contributed by atoms with van der Waals surface area (Å²) < 4.78 is 222. The van der Waals surface area contributed by atoms with E-state index in [1.165, 1.54) is 22.6 Å². The molecule has 0 aliphatic heterocycles. The molecule has 0 amide bonds. The fourth-order valence-electron chi connectivity index (χ4n) is 2.57. The summed E-state index contributed by atoms with van der Waals surface area (Å²) in [5, 5.41) is 0. The Kier molecular flexibility index (Phi) is 14.3. The quantitative estimate of drug-likeness (QED) is 0.117. The first-order valence-electron chi connectivity index (χ1n) is 9.81. The van der Waals surface area contributed by atoms with E-state index in [0.717, 1.165) is 0 Å². The summed E-state index contributed by atoms with van der Waals surface area (Å²) in [7, 11) is 0. The fraction of sp³-hybridized carbons (Fsp3) is 1.00. The third kappa shape index (κ3) is 14.7. The first kappa shape index (κ1) is 40.3. The highest BCUT2D eigenvalue weighted by molar-refractivity contribution is 14.1. The fourth-order valence-corrected chi connectivity index (χ4v) is 3.96. The Morgan fingerprint density at radius 3 is 1.08 bits per heavy atom. The zero-order chi connectivity index (χ0) is 31.4. The first-order valence-corrected chi connectivity index (χ1v) is 12.6. The Hall–Kier alpha value is 0.200. The predicted octanol–water partition coefficient (Wildman–Crippen LogP) is 10.8. The van der Waals surface area contributed by atoms with Gasteiger partial charge in [0.2, 0.25) is 11.3 Å². The van der Waals surface area contributed by atoms with Crippen molar-refractivity contribution in [1.82, 2.24) is 0 Å². The van der Waals surface area contributed by atoms with E-state index in [2.05, 4.69) is 0 Å². The molecule has 0 saturated carbocycles. The molecule has 0 spiro atoms. The molecule has 0 bridgehead atoms. The monoisotopic (exact) mass is 832 g/mol. The molecule has 0 aliphatic carbocycles. The molecule has 0 aromatic heterocycles. The van der Waals surface area contributed by atoms with E-state index < -0.39 is 89.8 Å². The van der Waals surface area contributed by atoms with Crippen molar-refractivity contribution in [1.29, 1.82) is 0 Å². The van der Waals surface area contributed by atoms with Gasteiger partial charge in [-0.15, -0.1) is 0 Å². The van der Waals surface area contributed by atoms with Crippen LogP contribution in [0.4, 0.5) is 79.0 Å². The summed E-state index contributed by atoms with van der Waals surface area (Å²) in [6.45, 7) is -0.238. The van der Waals surface area contributed by atoms with Crippen LogP contribution < -0.4 is 0 Å². The minimum absolute atomic E-state index is 0.0931. The topological polar surface area (TPSA) is 0 Å². The zero-order valence-corrected chi connectivity index (χ0v) is 23.3. The van der Waals surface area contributed by atoms with Crippen LogP contribution >= 0.6 is 45.2 Å². The van der Waals surface area contributed by atoms with Crippen LogP contribution in [0, 0.1) is 5.92 Å². The number of alkyl halides is 20. The molecular formula is C18H20F18I2. The molecule has 232 valence electrons. The highest BCUT2D eigenvalue weighted by Gasteiger charge is 2.59. The summed E-state index contributed by atoms with van der Waals surface area (Å²) in [6.07, 6.45) is -30.1. The molecule has 0 aromatic carbocycles. The average molecular weight is 832 g/mol. The Morgan fingerprint density at radius 1 is 0.526 bits per heavy atom. The maximum atomic E-state index is 13.3. The van der Waals surface area contributed by atoms with Gasteiger partial charge in [-0.25, -0.2) is 26.3 Å². The molecule has 0 aliphatic rings. The van der Waals surface area contributed by atoms with Crippen molar-refractivity contribution in [2.45, 2.75) is 97.8 Å². The maximum Gasteiger partial charge on any atom is 0.422 e. The van der Waals surface area contributed by atoms with Crippen molar-refractivity contribution < 1.29 is 79.0 Å². The lowest BCUT2D eigenvalue weighted by molar-refractivity contribution is -0.250. The molecule has 0 saturated heterocycles. The predicted molar refractivity (Wildman–Crippen MR) is 116 cm³/mol. The van der Waals surface area contributed by atoms with Crippen LogP contribution in [0.1, 0.15) is 46.0 Å². The van der Waals surface area contributed by atoms with Gasteiger partial charge in [-0.2, -0.15) is 52.7 Å². The van der Waals surface area contributed by atoms with E-state index >= 15 is 0 Å². The number of halogens is 20. The van der Waals surface area contributed by atoms with Crippen LogP contribution in [0.2, 0.25) is 0 Å². The van der Waals surface area contributed by atoms with Crippen molar-refractivity contribution >= 4 is 45.2 Å². The first-order chi connectivity index (χ1) is 16.2. The summed E-state index contributed by atoms with van der Waals surface area (Å²) in [5.74, 6) is -11.3. The molecular weight excluding hydrogens is 812 g/mol. The van der Waals surface area contributed by atoms with Crippen molar-refractivity contribution in [3.63, 3.8) is 0 Å². The molecule has 0 N–H and O–H groups in total. The number of rotatable bonds is 10. The van der Waals surface area contributed by atoms with Crippen LogP contribution in [0.3, 0.4) is 0 Å². The maximum absolute atomic E-state index is 13.3.